The summed E-state index contributed by atoms with van der Waals surface area (Å²) in [6.45, 7) is 6.01. The second-order valence-corrected chi connectivity index (χ2v) is 8.94. The van der Waals surface area contributed by atoms with E-state index in [-0.39, 0.29) is 29.2 Å². The quantitative estimate of drug-likeness (QED) is 0.609. The van der Waals surface area contributed by atoms with Crippen LogP contribution in [0.1, 0.15) is 41.8 Å². The van der Waals surface area contributed by atoms with Crippen LogP contribution in [0.15, 0.2) is 53.4 Å². The van der Waals surface area contributed by atoms with E-state index in [1.807, 2.05) is 32.9 Å². The second kappa shape index (κ2) is 9.67. The van der Waals surface area contributed by atoms with Gasteiger partial charge in [0, 0.05) is 12.1 Å². The Morgan fingerprint density at radius 3 is 2.21 bits per heavy atom. The molecule has 0 radical (unpaired) electrons. The molecule has 0 saturated heterocycles. The van der Waals surface area contributed by atoms with Crippen molar-refractivity contribution in [2.75, 3.05) is 0 Å². The minimum atomic E-state index is -3.76. The molecule has 2 amide bonds. The van der Waals surface area contributed by atoms with E-state index in [0.29, 0.717) is 12.0 Å². The van der Waals surface area contributed by atoms with Crippen molar-refractivity contribution >= 4 is 21.8 Å². The minimum Gasteiger partial charge on any atom is -0.350 e. The molecule has 0 aliphatic rings. The van der Waals surface area contributed by atoms with Gasteiger partial charge in [0.15, 0.2) is 0 Å². The Morgan fingerprint density at radius 1 is 1.03 bits per heavy atom. The van der Waals surface area contributed by atoms with Gasteiger partial charge in [-0.2, -0.15) is 0 Å². The van der Waals surface area contributed by atoms with Gasteiger partial charge in [0.25, 0.3) is 5.91 Å². The average Bonchev–Trinajstić information content (AvgIpc) is 2.65. The van der Waals surface area contributed by atoms with Crippen molar-refractivity contribution in [1.82, 2.24) is 10.6 Å². The molecule has 0 spiro atoms. The van der Waals surface area contributed by atoms with Gasteiger partial charge in [-0.3, -0.25) is 9.59 Å². The third-order valence-corrected chi connectivity index (χ3v) is 5.37. The number of carbonyl (C=O) groups excluding carboxylic acids is 2. The van der Waals surface area contributed by atoms with Gasteiger partial charge in [0.1, 0.15) is 6.04 Å². The van der Waals surface area contributed by atoms with Crippen LogP contribution in [0.4, 0.5) is 0 Å². The van der Waals surface area contributed by atoms with Crippen molar-refractivity contribution in [3.63, 3.8) is 0 Å². The highest BCUT2D eigenvalue weighted by Gasteiger charge is 2.23. The Labute approximate surface area is 171 Å². The minimum absolute atomic E-state index is 0.00996. The molecule has 0 aromatic heterocycles. The number of primary sulfonamides is 1. The van der Waals surface area contributed by atoms with Crippen molar-refractivity contribution in [3.8, 4) is 0 Å². The summed E-state index contributed by atoms with van der Waals surface area (Å²) in [6, 6.07) is 12.5. The maximum atomic E-state index is 12.7. The Bertz CT molecular complexity index is 970. The topological polar surface area (TPSA) is 118 Å². The fraction of sp³-hybridized carbons (Fsp3) is 0.333. The molecule has 2 rings (SSSR count). The smallest absolute Gasteiger partial charge is 0.252 e. The highest BCUT2D eigenvalue weighted by molar-refractivity contribution is 7.89. The third kappa shape index (κ3) is 6.69. The zero-order chi connectivity index (χ0) is 21.6. The largest absolute Gasteiger partial charge is 0.350 e. The number of sulfonamides is 1. The fourth-order valence-electron chi connectivity index (χ4n) is 2.88. The molecule has 156 valence electrons. The van der Waals surface area contributed by atoms with Crippen molar-refractivity contribution in [2.24, 2.45) is 11.1 Å². The summed E-state index contributed by atoms with van der Waals surface area (Å²) in [5.41, 5.74) is 2.09. The number of carbonyl (C=O) groups is 2. The van der Waals surface area contributed by atoms with Gasteiger partial charge in [-0.05, 0) is 48.6 Å². The van der Waals surface area contributed by atoms with E-state index >= 15 is 0 Å². The molecule has 7 nitrogen and oxygen atoms in total. The van der Waals surface area contributed by atoms with Gasteiger partial charge in [0.2, 0.25) is 15.9 Å². The average molecular weight is 418 g/mol. The molecule has 0 fully saturated rings. The number of amides is 2. The predicted octanol–water partition coefficient (Wildman–Crippen LogP) is 2.10. The van der Waals surface area contributed by atoms with Crippen LogP contribution in [0.5, 0.6) is 0 Å². The first kappa shape index (κ1) is 22.6. The van der Waals surface area contributed by atoms with Gasteiger partial charge >= 0.3 is 0 Å². The van der Waals surface area contributed by atoms with E-state index in [1.54, 1.807) is 24.3 Å². The molecule has 0 heterocycles. The Morgan fingerprint density at radius 2 is 1.66 bits per heavy atom. The maximum absolute atomic E-state index is 12.7. The standard InChI is InChI=1S/C21H27N3O4S/c1-14(2)12-19(24-20(25)18-7-5-4-6-15(18)3)21(26)23-13-16-8-10-17(11-9-16)29(22,27)28/h4-11,14,19H,12-13H2,1-3H3,(H,23,26)(H,24,25)(H2,22,27,28). The summed E-state index contributed by atoms with van der Waals surface area (Å²) in [6.07, 6.45) is 0.494. The zero-order valence-electron chi connectivity index (χ0n) is 16.8. The van der Waals surface area contributed by atoms with E-state index in [9.17, 15) is 18.0 Å². The summed E-state index contributed by atoms with van der Waals surface area (Å²) in [7, 11) is -3.76. The number of nitrogens with two attached hydrogens (primary N) is 1. The number of benzene rings is 2. The second-order valence-electron chi connectivity index (χ2n) is 7.38. The molecule has 2 aromatic carbocycles. The lowest BCUT2D eigenvalue weighted by Crippen LogP contribution is -2.47. The van der Waals surface area contributed by atoms with Crippen molar-refractivity contribution in [1.29, 1.82) is 0 Å². The molecule has 1 unspecified atom stereocenters. The summed E-state index contributed by atoms with van der Waals surface area (Å²) in [5.74, 6) is -0.380. The van der Waals surface area contributed by atoms with Crippen LogP contribution in [-0.4, -0.2) is 26.3 Å². The SMILES string of the molecule is Cc1ccccc1C(=O)NC(CC(C)C)C(=O)NCc1ccc(S(N)(=O)=O)cc1. The van der Waals surface area contributed by atoms with Crippen molar-refractivity contribution < 1.29 is 18.0 Å². The summed E-state index contributed by atoms with van der Waals surface area (Å²) in [5, 5.41) is 10.7. The van der Waals surface area contributed by atoms with Gasteiger partial charge in [-0.15, -0.1) is 0 Å². The van der Waals surface area contributed by atoms with E-state index in [4.69, 9.17) is 5.14 Å². The highest BCUT2D eigenvalue weighted by atomic mass is 32.2. The van der Waals surface area contributed by atoms with Crippen LogP contribution < -0.4 is 15.8 Å². The predicted molar refractivity (Wildman–Crippen MR) is 112 cm³/mol. The summed E-state index contributed by atoms with van der Waals surface area (Å²) < 4.78 is 22.6. The summed E-state index contributed by atoms with van der Waals surface area (Å²) >= 11 is 0. The monoisotopic (exact) mass is 417 g/mol. The first-order valence-electron chi connectivity index (χ1n) is 9.34. The molecule has 0 bridgehead atoms. The first-order valence-corrected chi connectivity index (χ1v) is 10.9. The maximum Gasteiger partial charge on any atom is 0.252 e. The highest BCUT2D eigenvalue weighted by Crippen LogP contribution is 2.11. The van der Waals surface area contributed by atoms with Gasteiger partial charge < -0.3 is 10.6 Å². The van der Waals surface area contributed by atoms with E-state index in [1.165, 1.54) is 12.1 Å². The molecule has 4 N–H and O–H groups in total. The van der Waals surface area contributed by atoms with Crippen LogP contribution in [0.25, 0.3) is 0 Å². The van der Waals surface area contributed by atoms with E-state index in [2.05, 4.69) is 10.6 Å². The van der Waals surface area contributed by atoms with Crippen LogP contribution in [0.2, 0.25) is 0 Å². The molecular formula is C21H27N3O4S. The lowest BCUT2D eigenvalue weighted by Gasteiger charge is -2.21. The van der Waals surface area contributed by atoms with Crippen LogP contribution >= 0.6 is 0 Å². The fourth-order valence-corrected chi connectivity index (χ4v) is 3.39. The van der Waals surface area contributed by atoms with Crippen molar-refractivity contribution in [3.05, 3.63) is 65.2 Å². The summed E-state index contributed by atoms with van der Waals surface area (Å²) in [4.78, 5) is 25.3. The van der Waals surface area contributed by atoms with Crippen LogP contribution in [0.3, 0.4) is 0 Å². The Hall–Kier alpha value is -2.71. The number of hydrogen-bond acceptors (Lipinski definition) is 4. The number of aryl methyl sites for hydroxylation is 1. The third-order valence-electron chi connectivity index (χ3n) is 4.44. The number of nitrogens with one attached hydrogen (secondary N) is 2. The van der Waals surface area contributed by atoms with Gasteiger partial charge in [-0.25, -0.2) is 13.6 Å². The van der Waals surface area contributed by atoms with Crippen LogP contribution in [0, 0.1) is 12.8 Å². The molecule has 0 aliphatic heterocycles. The van der Waals surface area contributed by atoms with E-state index < -0.39 is 16.1 Å². The molecule has 8 heteroatoms. The Kier molecular flexibility index (Phi) is 7.53. The first-order chi connectivity index (χ1) is 13.6. The molecular weight excluding hydrogens is 390 g/mol. The molecule has 0 aliphatic carbocycles. The van der Waals surface area contributed by atoms with Crippen molar-refractivity contribution in [2.45, 2.75) is 44.7 Å². The number of rotatable bonds is 8. The zero-order valence-corrected chi connectivity index (χ0v) is 17.6. The van der Waals surface area contributed by atoms with Gasteiger partial charge in [0.05, 0.1) is 4.90 Å². The van der Waals surface area contributed by atoms with E-state index in [0.717, 1.165) is 11.1 Å². The lowest BCUT2D eigenvalue weighted by atomic mass is 10.0. The lowest BCUT2D eigenvalue weighted by molar-refractivity contribution is -0.123. The van der Waals surface area contributed by atoms with Gasteiger partial charge in [-0.1, -0.05) is 44.2 Å². The molecule has 1 atom stereocenters. The Balaban J connectivity index is 2.05. The molecule has 0 saturated carbocycles. The number of hydrogen-bond donors (Lipinski definition) is 3. The van der Waals surface area contributed by atoms with Crippen LogP contribution in [-0.2, 0) is 21.4 Å². The normalized spacial score (nSPS) is 12.4. The molecule has 29 heavy (non-hydrogen) atoms. The molecule has 2 aromatic rings.